The second kappa shape index (κ2) is 9.54. The normalized spacial score (nSPS) is 11.1. The van der Waals surface area contributed by atoms with E-state index in [4.69, 9.17) is 14.2 Å². The molecule has 1 heterocycles. The molecule has 0 atom stereocenters. The van der Waals surface area contributed by atoms with Crippen molar-refractivity contribution >= 4 is 11.6 Å². The predicted molar refractivity (Wildman–Crippen MR) is 111 cm³/mol. The Balaban J connectivity index is 1.68. The third kappa shape index (κ3) is 5.65. The molecule has 0 unspecified atom stereocenters. The third-order valence-corrected chi connectivity index (χ3v) is 4.32. The lowest BCUT2D eigenvalue weighted by Crippen LogP contribution is -2.20. The number of ether oxygens (including phenoxy) is 3. The number of aryl methyl sites for hydroxylation is 1. The zero-order valence-corrected chi connectivity index (χ0v) is 17.5. The summed E-state index contributed by atoms with van der Waals surface area (Å²) in [7, 11) is 2.99. The first kappa shape index (κ1) is 22.9. The molecule has 2 aromatic carbocycles. The van der Waals surface area contributed by atoms with Crippen molar-refractivity contribution in [3.63, 3.8) is 0 Å². The van der Waals surface area contributed by atoms with Gasteiger partial charge in [0, 0.05) is 29.1 Å². The Morgan fingerprint density at radius 3 is 2.28 bits per heavy atom. The number of rotatable bonds is 7. The molecular weight excluding hydrogens is 427 g/mol. The number of benzene rings is 2. The molecule has 0 aliphatic heterocycles. The van der Waals surface area contributed by atoms with Gasteiger partial charge in [-0.25, -0.2) is 4.98 Å². The van der Waals surface area contributed by atoms with Crippen molar-refractivity contribution < 1.29 is 32.2 Å². The molecule has 10 heteroatoms. The summed E-state index contributed by atoms with van der Waals surface area (Å²) in [6, 6.07) is 10.9. The van der Waals surface area contributed by atoms with Crippen LogP contribution in [0.5, 0.6) is 17.4 Å². The van der Waals surface area contributed by atoms with Gasteiger partial charge >= 0.3 is 6.18 Å². The van der Waals surface area contributed by atoms with Crippen molar-refractivity contribution in [1.29, 1.82) is 0 Å². The highest BCUT2D eigenvalue weighted by molar-refractivity contribution is 5.92. The predicted octanol–water partition coefficient (Wildman–Crippen LogP) is 4.51. The highest BCUT2D eigenvalue weighted by atomic mass is 19.4. The number of alkyl halides is 3. The fourth-order valence-corrected chi connectivity index (χ4v) is 2.80. The second-order valence-electron chi connectivity index (χ2n) is 6.65. The van der Waals surface area contributed by atoms with E-state index in [1.807, 2.05) is 0 Å². The van der Waals surface area contributed by atoms with Crippen molar-refractivity contribution in [1.82, 2.24) is 9.97 Å². The Morgan fingerprint density at radius 1 is 0.969 bits per heavy atom. The fraction of sp³-hybridized carbons (Fsp3) is 0.227. The van der Waals surface area contributed by atoms with E-state index in [1.54, 1.807) is 25.1 Å². The van der Waals surface area contributed by atoms with Gasteiger partial charge in [-0.05, 0) is 31.2 Å². The quantitative estimate of drug-likeness (QED) is 0.574. The summed E-state index contributed by atoms with van der Waals surface area (Å²) >= 11 is 0. The van der Waals surface area contributed by atoms with E-state index in [9.17, 15) is 18.0 Å². The number of hydrogen-bond acceptors (Lipinski definition) is 6. The van der Waals surface area contributed by atoms with Crippen LogP contribution in [0, 0.1) is 6.92 Å². The number of carbonyl (C=O) groups is 1. The van der Waals surface area contributed by atoms with Crippen LogP contribution in [0.15, 0.2) is 48.5 Å². The smallest absolute Gasteiger partial charge is 0.416 e. The van der Waals surface area contributed by atoms with Gasteiger partial charge in [0.2, 0.25) is 5.88 Å². The molecule has 32 heavy (non-hydrogen) atoms. The minimum atomic E-state index is -4.43. The van der Waals surface area contributed by atoms with Crippen molar-refractivity contribution in [3.05, 3.63) is 59.8 Å². The van der Waals surface area contributed by atoms with Crippen molar-refractivity contribution in [2.24, 2.45) is 0 Å². The second-order valence-corrected chi connectivity index (χ2v) is 6.65. The van der Waals surface area contributed by atoms with Crippen molar-refractivity contribution in [3.8, 4) is 28.8 Å². The summed E-state index contributed by atoms with van der Waals surface area (Å²) in [5.74, 6) is 0.848. The fourth-order valence-electron chi connectivity index (χ4n) is 2.80. The lowest BCUT2D eigenvalue weighted by molar-refractivity contribution is -0.137. The van der Waals surface area contributed by atoms with Crippen LogP contribution in [0.25, 0.3) is 11.4 Å². The summed E-state index contributed by atoms with van der Waals surface area (Å²) in [6.07, 6.45) is -4.43. The highest BCUT2D eigenvalue weighted by Gasteiger charge is 2.30. The van der Waals surface area contributed by atoms with Crippen LogP contribution in [0.3, 0.4) is 0 Å². The molecule has 1 aromatic heterocycles. The van der Waals surface area contributed by atoms with Crippen LogP contribution in [0.2, 0.25) is 0 Å². The van der Waals surface area contributed by atoms with Crippen LogP contribution in [-0.2, 0) is 11.0 Å². The Hall–Kier alpha value is -3.82. The molecule has 0 saturated carbocycles. The van der Waals surface area contributed by atoms with E-state index in [2.05, 4.69) is 15.3 Å². The summed E-state index contributed by atoms with van der Waals surface area (Å²) in [4.78, 5) is 20.7. The van der Waals surface area contributed by atoms with Crippen LogP contribution in [-0.4, -0.2) is 36.7 Å². The van der Waals surface area contributed by atoms with E-state index < -0.39 is 17.6 Å². The summed E-state index contributed by atoms with van der Waals surface area (Å²) in [5, 5.41) is 2.67. The largest absolute Gasteiger partial charge is 0.493 e. The van der Waals surface area contributed by atoms with E-state index in [-0.39, 0.29) is 18.3 Å². The average Bonchev–Trinajstić information content (AvgIpc) is 2.76. The topological polar surface area (TPSA) is 82.6 Å². The molecule has 168 valence electrons. The van der Waals surface area contributed by atoms with Gasteiger partial charge in [-0.3, -0.25) is 4.79 Å². The molecule has 0 saturated heterocycles. The molecule has 3 aromatic rings. The van der Waals surface area contributed by atoms with Crippen LogP contribution < -0.4 is 19.5 Å². The number of anilines is 1. The SMILES string of the molecule is COc1ccc(NC(=O)COc2cc(C)nc(-c3ccc(C(F)(F)F)cc3)n2)cc1OC. The van der Waals surface area contributed by atoms with Gasteiger partial charge in [0.15, 0.2) is 23.9 Å². The number of hydrogen-bond donors (Lipinski definition) is 1. The monoisotopic (exact) mass is 447 g/mol. The maximum absolute atomic E-state index is 12.8. The maximum atomic E-state index is 12.8. The molecule has 3 rings (SSSR count). The minimum absolute atomic E-state index is 0.120. The van der Waals surface area contributed by atoms with Gasteiger partial charge in [-0.1, -0.05) is 12.1 Å². The molecule has 0 aliphatic rings. The lowest BCUT2D eigenvalue weighted by atomic mass is 10.1. The maximum Gasteiger partial charge on any atom is 0.416 e. The van der Waals surface area contributed by atoms with E-state index >= 15 is 0 Å². The van der Waals surface area contributed by atoms with Gasteiger partial charge < -0.3 is 19.5 Å². The number of carbonyl (C=O) groups excluding carboxylic acids is 1. The van der Waals surface area contributed by atoms with Crippen LogP contribution >= 0.6 is 0 Å². The number of methoxy groups -OCH3 is 2. The zero-order chi connectivity index (χ0) is 23.3. The number of nitrogens with one attached hydrogen (secondary N) is 1. The van der Waals surface area contributed by atoms with Gasteiger partial charge in [0.25, 0.3) is 5.91 Å². The Kier molecular flexibility index (Phi) is 6.82. The lowest BCUT2D eigenvalue weighted by Gasteiger charge is -2.11. The van der Waals surface area contributed by atoms with Gasteiger partial charge in [-0.2, -0.15) is 18.2 Å². The first-order valence-corrected chi connectivity index (χ1v) is 9.37. The standard InChI is InChI=1S/C22H20F3N3O4/c1-13-10-20(28-21(26-13)14-4-6-15(7-5-14)22(23,24)25)32-12-19(29)27-16-8-9-17(30-2)18(11-16)31-3/h4-11H,12H2,1-3H3,(H,27,29). The van der Waals surface area contributed by atoms with Gasteiger partial charge in [0.1, 0.15) is 0 Å². The first-order chi connectivity index (χ1) is 15.2. The molecule has 0 aliphatic carbocycles. The van der Waals surface area contributed by atoms with E-state index in [0.717, 1.165) is 12.1 Å². The molecule has 1 N–H and O–H groups in total. The summed E-state index contributed by atoms with van der Waals surface area (Å²) in [6.45, 7) is 1.35. The van der Waals surface area contributed by atoms with Crippen LogP contribution in [0.1, 0.15) is 11.3 Å². The Bertz CT molecular complexity index is 1100. The van der Waals surface area contributed by atoms with E-state index in [0.29, 0.717) is 28.4 Å². The molecule has 0 radical (unpaired) electrons. The number of halogens is 3. The first-order valence-electron chi connectivity index (χ1n) is 9.37. The molecule has 7 nitrogen and oxygen atoms in total. The van der Waals surface area contributed by atoms with Crippen molar-refractivity contribution in [2.75, 3.05) is 26.1 Å². The average molecular weight is 447 g/mol. The van der Waals surface area contributed by atoms with Gasteiger partial charge in [-0.15, -0.1) is 0 Å². The number of aromatic nitrogens is 2. The molecule has 0 spiro atoms. The van der Waals surface area contributed by atoms with E-state index in [1.165, 1.54) is 32.4 Å². The van der Waals surface area contributed by atoms with Gasteiger partial charge in [0.05, 0.1) is 19.8 Å². The Labute approximate surface area is 182 Å². The minimum Gasteiger partial charge on any atom is -0.493 e. The zero-order valence-electron chi connectivity index (χ0n) is 17.5. The summed E-state index contributed by atoms with van der Waals surface area (Å²) in [5.41, 5.74) is 0.643. The summed E-state index contributed by atoms with van der Waals surface area (Å²) < 4.78 is 54.1. The molecule has 1 amide bonds. The number of amides is 1. The third-order valence-electron chi connectivity index (χ3n) is 4.32. The highest BCUT2D eigenvalue weighted by Crippen LogP contribution is 2.31. The Morgan fingerprint density at radius 2 is 1.66 bits per heavy atom. The molecule has 0 bridgehead atoms. The van der Waals surface area contributed by atoms with Crippen LogP contribution in [0.4, 0.5) is 18.9 Å². The molecular formula is C22H20F3N3O4. The number of nitrogens with zero attached hydrogens (tertiary/aromatic N) is 2. The molecule has 0 fully saturated rings. The van der Waals surface area contributed by atoms with Crippen molar-refractivity contribution in [2.45, 2.75) is 13.1 Å².